The molecule has 0 aliphatic carbocycles. The average Bonchev–Trinajstić information content (AvgIpc) is 1.72. The second-order valence-corrected chi connectivity index (χ2v) is 1.30. The Balaban J connectivity index is 0. The van der Waals surface area contributed by atoms with E-state index >= 15 is 0 Å². The van der Waals surface area contributed by atoms with Crippen LogP contribution >= 0.6 is 9.90 Å². The number of nitrogens with zero attached hydrogens (tertiary/aromatic N) is 1. The molecule has 0 amide bonds. The second-order valence-electron chi connectivity index (χ2n) is 1.30. The van der Waals surface area contributed by atoms with Crippen LogP contribution in [-0.4, -0.2) is 25.3 Å². The lowest BCUT2D eigenvalue weighted by Gasteiger charge is -2.12. The predicted octanol–water partition coefficient (Wildman–Crippen LogP) is 0.948. The van der Waals surface area contributed by atoms with Crippen molar-refractivity contribution in [1.82, 2.24) is 5.06 Å². The van der Waals surface area contributed by atoms with Gasteiger partial charge in [0.25, 0.3) is 0 Å². The van der Waals surface area contributed by atoms with Crippen LogP contribution in [0, 0.1) is 0 Å². The highest BCUT2D eigenvalue weighted by Crippen LogP contribution is 1.82. The molecule has 0 spiro atoms. The molecule has 0 N–H and O–H groups in total. The molecular weight excluding hydrogens is 121 g/mol. The molecule has 52 valence electrons. The summed E-state index contributed by atoms with van der Waals surface area (Å²) in [4.78, 5) is 4.88. The Labute approximate surface area is 54.8 Å². The number of hydrogen-bond donors (Lipinski definition) is 0. The second kappa shape index (κ2) is 7.35. The third kappa shape index (κ3) is 4.51. The van der Waals surface area contributed by atoms with Crippen molar-refractivity contribution >= 4 is 9.90 Å². The van der Waals surface area contributed by atoms with Crippen LogP contribution in [-0.2, 0) is 4.84 Å². The van der Waals surface area contributed by atoms with Gasteiger partial charge in [-0.3, -0.25) is 0 Å². The van der Waals surface area contributed by atoms with Crippen LogP contribution in [0.3, 0.4) is 0 Å². The van der Waals surface area contributed by atoms with Gasteiger partial charge in [-0.1, -0.05) is 13.8 Å². The molecule has 8 heavy (non-hydrogen) atoms. The monoisotopic (exact) mass is 137 g/mol. The predicted molar refractivity (Wildman–Crippen MR) is 41.0 cm³/mol. The van der Waals surface area contributed by atoms with Crippen LogP contribution in [0.1, 0.15) is 13.8 Å². The third-order valence-corrected chi connectivity index (χ3v) is 0.964. The number of hydroxylamine groups is 2. The maximum absolute atomic E-state index is 4.88. The largest absolute Gasteiger partial charge is 0.302 e. The topological polar surface area (TPSA) is 12.5 Å². The molecule has 0 bridgehead atoms. The highest BCUT2D eigenvalue weighted by atomic mass is 31.0. The van der Waals surface area contributed by atoms with Gasteiger partial charge < -0.3 is 4.84 Å². The molecule has 3 heteroatoms. The summed E-state index contributed by atoms with van der Waals surface area (Å²) in [5.41, 5.74) is 0. The van der Waals surface area contributed by atoms with Crippen LogP contribution in [0.25, 0.3) is 0 Å². The van der Waals surface area contributed by atoms with Gasteiger partial charge in [0.2, 0.25) is 0 Å². The van der Waals surface area contributed by atoms with E-state index < -0.39 is 0 Å². The Kier molecular flexibility index (Phi) is 10.3. The first kappa shape index (κ1) is 11.2. The molecule has 1 atom stereocenters. The molecule has 0 heterocycles. The molecule has 0 saturated heterocycles. The van der Waals surface area contributed by atoms with E-state index in [1.165, 1.54) is 0 Å². The Bertz CT molecular complexity index is 33.9. The zero-order valence-corrected chi connectivity index (χ0v) is 7.39. The van der Waals surface area contributed by atoms with Crippen molar-refractivity contribution in [2.45, 2.75) is 13.8 Å². The van der Waals surface area contributed by atoms with Gasteiger partial charge in [0, 0.05) is 13.1 Å². The highest BCUT2D eigenvalue weighted by molar-refractivity contribution is 6.92. The molecule has 0 aromatic rings. The van der Waals surface area contributed by atoms with E-state index in [2.05, 4.69) is 13.8 Å². The van der Waals surface area contributed by atoms with Gasteiger partial charge in [0.05, 0.1) is 7.11 Å². The van der Waals surface area contributed by atoms with Crippen LogP contribution in [0.15, 0.2) is 0 Å². The summed E-state index contributed by atoms with van der Waals surface area (Å²) in [7, 11) is 1.69. The zero-order valence-electron chi connectivity index (χ0n) is 5.98. The van der Waals surface area contributed by atoms with Crippen molar-refractivity contribution < 1.29 is 4.84 Å². The fraction of sp³-hybridized carbons (Fsp3) is 1.00. The SMILES string of the molecule is CCN(CC)OC.P. The van der Waals surface area contributed by atoms with Crippen LogP contribution in [0.4, 0.5) is 0 Å². The molecule has 2 nitrogen and oxygen atoms in total. The van der Waals surface area contributed by atoms with E-state index in [1.54, 1.807) is 7.11 Å². The van der Waals surface area contributed by atoms with Crippen molar-refractivity contribution in [2.75, 3.05) is 20.2 Å². The standard InChI is InChI=1S/C5H13NO.H3P/c1-4-6(5-2)7-3;/h4-5H2,1-3H3;1H3. The molecule has 0 aromatic carbocycles. The zero-order chi connectivity index (χ0) is 5.70. The molecule has 0 rings (SSSR count). The molecule has 0 saturated carbocycles. The molecule has 1 unspecified atom stereocenters. The lowest BCUT2D eigenvalue weighted by atomic mass is 10.6. The van der Waals surface area contributed by atoms with E-state index in [1.807, 2.05) is 5.06 Å². The Morgan fingerprint density at radius 3 is 1.62 bits per heavy atom. The lowest BCUT2D eigenvalue weighted by molar-refractivity contribution is -0.123. The first-order chi connectivity index (χ1) is 3.35. The lowest BCUT2D eigenvalue weighted by Crippen LogP contribution is -2.20. The molecule has 0 aliphatic rings. The molecule has 0 aromatic heterocycles. The highest BCUT2D eigenvalue weighted by Gasteiger charge is 1.89. The van der Waals surface area contributed by atoms with Gasteiger partial charge in [-0.2, -0.15) is 15.0 Å². The number of rotatable bonds is 3. The molecule has 0 aliphatic heterocycles. The summed E-state index contributed by atoms with van der Waals surface area (Å²) in [6.07, 6.45) is 0. The van der Waals surface area contributed by atoms with E-state index in [0.717, 1.165) is 13.1 Å². The van der Waals surface area contributed by atoms with E-state index in [4.69, 9.17) is 4.84 Å². The van der Waals surface area contributed by atoms with E-state index in [-0.39, 0.29) is 9.90 Å². The average molecular weight is 137 g/mol. The number of hydrogen-bond acceptors (Lipinski definition) is 2. The van der Waals surface area contributed by atoms with Crippen molar-refractivity contribution in [2.24, 2.45) is 0 Å². The molecule has 0 radical (unpaired) electrons. The van der Waals surface area contributed by atoms with Crippen LogP contribution < -0.4 is 0 Å². The summed E-state index contributed by atoms with van der Waals surface area (Å²) < 4.78 is 0. The quantitative estimate of drug-likeness (QED) is 0.424. The third-order valence-electron chi connectivity index (χ3n) is 0.964. The first-order valence-corrected chi connectivity index (χ1v) is 2.64. The van der Waals surface area contributed by atoms with Gasteiger partial charge in [0.1, 0.15) is 0 Å². The van der Waals surface area contributed by atoms with Crippen LogP contribution in [0.2, 0.25) is 0 Å². The normalized spacial score (nSPS) is 9.00. The van der Waals surface area contributed by atoms with Crippen molar-refractivity contribution in [1.29, 1.82) is 0 Å². The molecule has 0 fully saturated rings. The van der Waals surface area contributed by atoms with Crippen molar-refractivity contribution in [3.63, 3.8) is 0 Å². The first-order valence-electron chi connectivity index (χ1n) is 2.64. The van der Waals surface area contributed by atoms with E-state index in [0.29, 0.717) is 0 Å². The fourth-order valence-electron chi connectivity index (χ4n) is 0.482. The smallest absolute Gasteiger partial charge is 0.0575 e. The Morgan fingerprint density at radius 1 is 1.25 bits per heavy atom. The van der Waals surface area contributed by atoms with Gasteiger partial charge >= 0.3 is 0 Å². The van der Waals surface area contributed by atoms with E-state index in [9.17, 15) is 0 Å². The fourth-order valence-corrected chi connectivity index (χ4v) is 0.482. The van der Waals surface area contributed by atoms with Crippen molar-refractivity contribution in [3.8, 4) is 0 Å². The minimum atomic E-state index is 0. The summed E-state index contributed by atoms with van der Waals surface area (Å²) in [6, 6.07) is 0. The summed E-state index contributed by atoms with van der Waals surface area (Å²) in [6.45, 7) is 6.06. The van der Waals surface area contributed by atoms with Gasteiger partial charge in [0.15, 0.2) is 0 Å². The minimum Gasteiger partial charge on any atom is -0.302 e. The van der Waals surface area contributed by atoms with Gasteiger partial charge in [-0.05, 0) is 0 Å². The van der Waals surface area contributed by atoms with Crippen LogP contribution in [0.5, 0.6) is 0 Å². The van der Waals surface area contributed by atoms with Gasteiger partial charge in [-0.25, -0.2) is 0 Å². The Hall–Kier alpha value is 0.350. The summed E-state index contributed by atoms with van der Waals surface area (Å²) in [5.74, 6) is 0. The minimum absolute atomic E-state index is 0. The maximum atomic E-state index is 4.88. The van der Waals surface area contributed by atoms with Gasteiger partial charge in [-0.15, -0.1) is 0 Å². The maximum Gasteiger partial charge on any atom is 0.0575 e. The Morgan fingerprint density at radius 2 is 1.62 bits per heavy atom. The molecular formula is C5H16NOP. The summed E-state index contributed by atoms with van der Waals surface area (Å²) in [5, 5.41) is 1.88. The summed E-state index contributed by atoms with van der Waals surface area (Å²) >= 11 is 0. The van der Waals surface area contributed by atoms with Crippen molar-refractivity contribution in [3.05, 3.63) is 0 Å².